The highest BCUT2D eigenvalue weighted by molar-refractivity contribution is 9.10. The number of aromatic amines is 1. The second kappa shape index (κ2) is 3.64. The minimum atomic E-state index is -3.46. The Balaban J connectivity index is 2.88. The molecule has 0 aromatic carbocycles. The molecule has 6 nitrogen and oxygen atoms in total. The number of aromatic nitrogens is 2. The minimum Gasteiger partial charge on any atom is -0.261 e. The van der Waals surface area contributed by atoms with Crippen LogP contribution in [0.4, 0.5) is 5.82 Å². The molecule has 0 bridgehead atoms. The van der Waals surface area contributed by atoms with Crippen molar-refractivity contribution in [2.45, 2.75) is 0 Å². The Morgan fingerprint density at radius 2 is 2.23 bits per heavy atom. The molecule has 13 heavy (non-hydrogen) atoms. The zero-order valence-electron chi connectivity index (χ0n) is 7.07. The summed E-state index contributed by atoms with van der Waals surface area (Å²) in [4.78, 5) is 0. The van der Waals surface area contributed by atoms with Crippen molar-refractivity contribution in [1.29, 1.82) is 0 Å². The van der Waals surface area contributed by atoms with Gasteiger partial charge in [0.15, 0.2) is 5.82 Å². The molecule has 1 rings (SSSR count). The summed E-state index contributed by atoms with van der Waals surface area (Å²) in [6.07, 6.45) is 1.47. The second-order valence-corrected chi connectivity index (χ2v) is 5.22. The van der Waals surface area contributed by atoms with Gasteiger partial charge in [0.05, 0.1) is 10.7 Å². The summed E-state index contributed by atoms with van der Waals surface area (Å²) in [5, 5.41) is 6.15. The number of nitrogens with one attached hydrogen (secondary N) is 2. The lowest BCUT2D eigenvalue weighted by molar-refractivity contribution is 0.526. The molecule has 0 amide bonds. The molecule has 0 unspecified atom stereocenters. The zero-order valence-corrected chi connectivity index (χ0v) is 9.48. The summed E-state index contributed by atoms with van der Waals surface area (Å²) < 4.78 is 26.5. The predicted octanol–water partition coefficient (Wildman–Crippen LogP) is 0.390. The van der Waals surface area contributed by atoms with Gasteiger partial charge in [0, 0.05) is 14.1 Å². The van der Waals surface area contributed by atoms with Crippen LogP contribution in [0.1, 0.15) is 0 Å². The molecule has 2 N–H and O–H groups in total. The molecule has 0 aliphatic heterocycles. The molecule has 0 atom stereocenters. The van der Waals surface area contributed by atoms with Gasteiger partial charge in [-0.25, -0.2) is 0 Å². The standard InChI is InChI=1S/C5H9BrN4O2S/c1-10(2)13(11,12)9-5-4(6)3-7-8-5/h3H,1-2H3,(H2,7,8,9). The first kappa shape index (κ1) is 10.5. The summed E-state index contributed by atoms with van der Waals surface area (Å²) in [5.41, 5.74) is 0. The fourth-order valence-electron chi connectivity index (χ4n) is 0.563. The smallest absolute Gasteiger partial charge is 0.261 e. The lowest BCUT2D eigenvalue weighted by atomic mass is 10.7. The third-order valence-electron chi connectivity index (χ3n) is 1.30. The summed E-state index contributed by atoms with van der Waals surface area (Å²) in [5.74, 6) is 0.314. The molecule has 0 saturated carbocycles. The number of hydrogen-bond acceptors (Lipinski definition) is 3. The third kappa shape index (κ3) is 2.42. The van der Waals surface area contributed by atoms with Crippen LogP contribution in [0.3, 0.4) is 0 Å². The van der Waals surface area contributed by atoms with Crippen LogP contribution in [-0.2, 0) is 10.2 Å². The maximum Gasteiger partial charge on any atom is 0.302 e. The zero-order chi connectivity index (χ0) is 10.1. The molecule has 8 heteroatoms. The maximum atomic E-state index is 11.3. The molecule has 1 aromatic heterocycles. The van der Waals surface area contributed by atoms with Gasteiger partial charge in [-0.3, -0.25) is 9.82 Å². The SMILES string of the molecule is CN(C)S(=O)(=O)Nc1[nH]ncc1Br. The van der Waals surface area contributed by atoms with E-state index < -0.39 is 10.2 Å². The topological polar surface area (TPSA) is 78.1 Å². The first-order valence-corrected chi connectivity index (χ1v) is 5.56. The molecule has 0 saturated heterocycles. The van der Waals surface area contributed by atoms with Crippen LogP contribution in [0.5, 0.6) is 0 Å². The first-order chi connectivity index (χ1) is 5.93. The van der Waals surface area contributed by atoms with E-state index in [2.05, 4.69) is 30.8 Å². The quantitative estimate of drug-likeness (QED) is 0.833. The van der Waals surface area contributed by atoms with Crippen LogP contribution in [-0.4, -0.2) is 37.0 Å². The van der Waals surface area contributed by atoms with Gasteiger partial charge in [-0.15, -0.1) is 0 Å². The number of halogens is 1. The first-order valence-electron chi connectivity index (χ1n) is 3.32. The summed E-state index contributed by atoms with van der Waals surface area (Å²) in [7, 11) is -0.587. The van der Waals surface area contributed by atoms with E-state index in [0.717, 1.165) is 4.31 Å². The predicted molar refractivity (Wildman–Crippen MR) is 52.5 cm³/mol. The summed E-state index contributed by atoms with van der Waals surface area (Å²) in [6, 6.07) is 0. The lowest BCUT2D eigenvalue weighted by Gasteiger charge is -2.11. The van der Waals surface area contributed by atoms with Crippen LogP contribution < -0.4 is 4.72 Å². The van der Waals surface area contributed by atoms with E-state index >= 15 is 0 Å². The molecule has 74 valence electrons. The van der Waals surface area contributed by atoms with E-state index in [9.17, 15) is 8.42 Å². The highest BCUT2D eigenvalue weighted by Crippen LogP contribution is 2.19. The van der Waals surface area contributed by atoms with Crippen molar-refractivity contribution >= 4 is 32.0 Å². The molecular weight excluding hydrogens is 260 g/mol. The van der Waals surface area contributed by atoms with Crippen LogP contribution in [0.25, 0.3) is 0 Å². The Bertz CT molecular complexity index is 385. The van der Waals surface area contributed by atoms with Gasteiger partial charge in [-0.05, 0) is 15.9 Å². The van der Waals surface area contributed by atoms with Gasteiger partial charge in [-0.1, -0.05) is 0 Å². The van der Waals surface area contributed by atoms with Gasteiger partial charge in [0.25, 0.3) is 0 Å². The van der Waals surface area contributed by atoms with Crippen LogP contribution in [0, 0.1) is 0 Å². The van der Waals surface area contributed by atoms with Crippen molar-refractivity contribution < 1.29 is 8.42 Å². The normalized spacial score (nSPS) is 12.0. The van der Waals surface area contributed by atoms with Crippen molar-refractivity contribution in [2.75, 3.05) is 18.8 Å². The van der Waals surface area contributed by atoms with Crippen molar-refractivity contribution in [1.82, 2.24) is 14.5 Å². The Hall–Kier alpha value is -0.600. The number of H-pyrrole nitrogens is 1. The van der Waals surface area contributed by atoms with E-state index in [1.54, 1.807) is 0 Å². The monoisotopic (exact) mass is 268 g/mol. The van der Waals surface area contributed by atoms with Crippen LogP contribution in [0.2, 0.25) is 0 Å². The minimum absolute atomic E-state index is 0.314. The van der Waals surface area contributed by atoms with Crippen LogP contribution in [0.15, 0.2) is 10.7 Å². The van der Waals surface area contributed by atoms with Crippen molar-refractivity contribution in [3.63, 3.8) is 0 Å². The number of anilines is 1. The Morgan fingerprint density at radius 1 is 1.62 bits per heavy atom. The van der Waals surface area contributed by atoms with E-state index in [1.165, 1.54) is 20.3 Å². The molecule has 0 radical (unpaired) electrons. The fraction of sp³-hybridized carbons (Fsp3) is 0.400. The highest BCUT2D eigenvalue weighted by atomic mass is 79.9. The lowest BCUT2D eigenvalue weighted by Crippen LogP contribution is -2.29. The van der Waals surface area contributed by atoms with Crippen molar-refractivity contribution in [3.8, 4) is 0 Å². The Kier molecular flexibility index (Phi) is 2.94. The van der Waals surface area contributed by atoms with E-state index in [1.807, 2.05) is 0 Å². The van der Waals surface area contributed by atoms with Crippen molar-refractivity contribution in [3.05, 3.63) is 10.7 Å². The van der Waals surface area contributed by atoms with Gasteiger partial charge < -0.3 is 0 Å². The van der Waals surface area contributed by atoms with Gasteiger partial charge in [0.1, 0.15) is 0 Å². The molecule has 0 aliphatic rings. The number of rotatable bonds is 3. The molecule has 0 fully saturated rings. The average molecular weight is 269 g/mol. The van der Waals surface area contributed by atoms with E-state index in [4.69, 9.17) is 0 Å². The number of nitrogens with zero attached hydrogens (tertiary/aromatic N) is 2. The molecule has 1 heterocycles. The fourth-order valence-corrected chi connectivity index (χ4v) is 1.58. The average Bonchev–Trinajstić information content (AvgIpc) is 2.35. The Labute approximate surface area is 84.6 Å². The molecule has 0 spiro atoms. The summed E-state index contributed by atoms with van der Waals surface area (Å²) >= 11 is 3.13. The molecular formula is C5H9BrN4O2S. The van der Waals surface area contributed by atoms with Gasteiger partial charge >= 0.3 is 10.2 Å². The van der Waals surface area contributed by atoms with Gasteiger partial charge in [0.2, 0.25) is 0 Å². The van der Waals surface area contributed by atoms with E-state index in [-0.39, 0.29) is 0 Å². The Morgan fingerprint density at radius 3 is 2.62 bits per heavy atom. The summed E-state index contributed by atoms with van der Waals surface area (Å²) in [6.45, 7) is 0. The highest BCUT2D eigenvalue weighted by Gasteiger charge is 2.15. The number of hydrogen-bond donors (Lipinski definition) is 2. The maximum absolute atomic E-state index is 11.3. The largest absolute Gasteiger partial charge is 0.302 e. The molecule has 1 aromatic rings. The van der Waals surface area contributed by atoms with Crippen molar-refractivity contribution in [2.24, 2.45) is 0 Å². The van der Waals surface area contributed by atoms with Gasteiger partial charge in [-0.2, -0.15) is 17.8 Å². The second-order valence-electron chi connectivity index (χ2n) is 2.48. The van der Waals surface area contributed by atoms with E-state index in [0.29, 0.717) is 10.3 Å². The van der Waals surface area contributed by atoms with Crippen LogP contribution >= 0.6 is 15.9 Å². The molecule has 0 aliphatic carbocycles. The third-order valence-corrected chi connectivity index (χ3v) is 3.33.